The van der Waals surface area contributed by atoms with Crippen molar-refractivity contribution < 1.29 is 14.3 Å². The maximum atomic E-state index is 13.0. The molecule has 1 saturated heterocycles. The van der Waals surface area contributed by atoms with E-state index in [1.807, 2.05) is 24.3 Å². The van der Waals surface area contributed by atoms with Crippen molar-refractivity contribution in [2.75, 3.05) is 11.9 Å². The number of carbonyl (C=O) groups is 2. The third-order valence-corrected chi connectivity index (χ3v) is 5.82. The van der Waals surface area contributed by atoms with Crippen LogP contribution in [0.3, 0.4) is 0 Å². The molecule has 2 aliphatic rings. The molecule has 152 valence electrons. The number of amides is 2. The van der Waals surface area contributed by atoms with Crippen molar-refractivity contribution in [3.8, 4) is 11.5 Å². The fraction of sp³-hybridized carbons (Fsp3) is 0.435. The molecule has 0 radical (unpaired) electrons. The number of nitrogens with zero attached hydrogens (tertiary/aromatic N) is 2. The van der Waals surface area contributed by atoms with Crippen LogP contribution in [0.5, 0.6) is 11.5 Å². The number of carbonyl (C=O) groups excluding carboxylic acids is 2. The highest BCUT2D eigenvalue weighted by atomic mass is 16.5. The number of rotatable bonds is 6. The maximum absolute atomic E-state index is 13.0. The summed E-state index contributed by atoms with van der Waals surface area (Å²) in [5, 5.41) is 2.97. The Bertz CT molecular complexity index is 849. The van der Waals surface area contributed by atoms with Crippen LogP contribution in [0, 0.1) is 5.92 Å². The number of likely N-dealkylation sites (tertiary alicyclic amines) is 1. The molecule has 4 rings (SSSR count). The molecule has 1 aromatic heterocycles. The largest absolute Gasteiger partial charge is 0.454 e. The van der Waals surface area contributed by atoms with E-state index in [1.165, 1.54) is 12.8 Å². The lowest BCUT2D eigenvalue weighted by Crippen LogP contribution is -2.43. The Morgan fingerprint density at radius 1 is 1.07 bits per heavy atom. The number of anilines is 1. The molecule has 2 aromatic rings. The highest BCUT2D eigenvalue weighted by Crippen LogP contribution is 2.31. The van der Waals surface area contributed by atoms with Gasteiger partial charge >= 0.3 is 0 Å². The van der Waals surface area contributed by atoms with Crippen molar-refractivity contribution in [2.24, 2.45) is 5.92 Å². The standard InChI is InChI=1S/C23H27N3O3/c27-22(15-17-7-1-2-8-17)26-14-6-11-20(26)23(28)25-19-10-3-4-12-21(19)29-18-9-5-13-24-16-18/h3-5,9-10,12-13,16-17,20H,1-2,6-8,11,14-15H2,(H,25,28)/t20-/m1/s1. The lowest BCUT2D eigenvalue weighted by Gasteiger charge is -2.25. The third-order valence-electron chi connectivity index (χ3n) is 5.82. The first kappa shape index (κ1) is 19.4. The molecule has 2 heterocycles. The van der Waals surface area contributed by atoms with Gasteiger partial charge in [-0.05, 0) is 55.9 Å². The van der Waals surface area contributed by atoms with Gasteiger partial charge < -0.3 is 15.0 Å². The highest BCUT2D eigenvalue weighted by molar-refractivity contribution is 5.98. The van der Waals surface area contributed by atoms with Crippen LogP contribution in [0.15, 0.2) is 48.8 Å². The fourth-order valence-electron chi connectivity index (χ4n) is 4.33. The van der Waals surface area contributed by atoms with Crippen molar-refractivity contribution in [1.29, 1.82) is 0 Å². The summed E-state index contributed by atoms with van der Waals surface area (Å²) in [5.74, 6) is 1.61. The van der Waals surface area contributed by atoms with E-state index in [-0.39, 0.29) is 11.8 Å². The molecule has 6 nitrogen and oxygen atoms in total. The topological polar surface area (TPSA) is 71.5 Å². The van der Waals surface area contributed by atoms with E-state index in [9.17, 15) is 9.59 Å². The Morgan fingerprint density at radius 3 is 2.69 bits per heavy atom. The Labute approximate surface area is 171 Å². The number of para-hydroxylation sites is 2. The van der Waals surface area contributed by atoms with Gasteiger partial charge in [-0.3, -0.25) is 14.6 Å². The second-order valence-corrected chi connectivity index (χ2v) is 7.88. The van der Waals surface area contributed by atoms with Crippen LogP contribution in [0.1, 0.15) is 44.9 Å². The minimum Gasteiger partial charge on any atom is -0.454 e. The average Bonchev–Trinajstić information content (AvgIpc) is 3.42. The molecule has 1 saturated carbocycles. The van der Waals surface area contributed by atoms with Crippen molar-refractivity contribution in [1.82, 2.24) is 9.88 Å². The van der Waals surface area contributed by atoms with Crippen molar-refractivity contribution in [3.05, 3.63) is 48.8 Å². The van der Waals surface area contributed by atoms with E-state index in [0.29, 0.717) is 42.5 Å². The summed E-state index contributed by atoms with van der Waals surface area (Å²) in [6.45, 7) is 0.664. The van der Waals surface area contributed by atoms with Crippen LogP contribution in [0.2, 0.25) is 0 Å². The number of hydrogen-bond donors (Lipinski definition) is 1. The first-order chi connectivity index (χ1) is 14.2. The maximum Gasteiger partial charge on any atom is 0.247 e. The number of ether oxygens (including phenoxy) is 1. The molecule has 1 aliphatic heterocycles. The summed E-state index contributed by atoms with van der Waals surface area (Å²) in [7, 11) is 0. The highest BCUT2D eigenvalue weighted by Gasteiger charge is 2.35. The summed E-state index contributed by atoms with van der Waals surface area (Å²) < 4.78 is 5.88. The Hall–Kier alpha value is -2.89. The zero-order chi connectivity index (χ0) is 20.1. The second kappa shape index (κ2) is 9.07. The van der Waals surface area contributed by atoms with Crippen molar-refractivity contribution in [2.45, 2.75) is 51.0 Å². The van der Waals surface area contributed by atoms with Crippen LogP contribution < -0.4 is 10.1 Å². The van der Waals surface area contributed by atoms with Crippen LogP contribution >= 0.6 is 0 Å². The summed E-state index contributed by atoms with van der Waals surface area (Å²) in [5.41, 5.74) is 0.594. The predicted octanol–water partition coefficient (Wildman–Crippen LogP) is 4.38. The van der Waals surface area contributed by atoms with Gasteiger partial charge in [0, 0.05) is 19.2 Å². The number of benzene rings is 1. The molecule has 1 aromatic carbocycles. The van der Waals surface area contributed by atoms with Crippen molar-refractivity contribution >= 4 is 17.5 Å². The molecule has 6 heteroatoms. The third kappa shape index (κ3) is 4.75. The van der Waals surface area contributed by atoms with E-state index >= 15 is 0 Å². The van der Waals surface area contributed by atoms with Crippen LogP contribution in [0.4, 0.5) is 5.69 Å². The molecule has 0 spiro atoms. The molecular formula is C23H27N3O3. The first-order valence-corrected chi connectivity index (χ1v) is 10.5. The minimum atomic E-state index is -0.407. The number of pyridine rings is 1. The molecule has 1 atom stereocenters. The van der Waals surface area contributed by atoms with Gasteiger partial charge in [0.25, 0.3) is 0 Å². The summed E-state index contributed by atoms with van der Waals surface area (Å²) in [6, 6.07) is 10.5. The zero-order valence-corrected chi connectivity index (χ0v) is 16.5. The quantitative estimate of drug-likeness (QED) is 0.790. The van der Waals surface area contributed by atoms with E-state index in [1.54, 1.807) is 29.4 Å². The van der Waals surface area contributed by atoms with Gasteiger partial charge in [-0.15, -0.1) is 0 Å². The van der Waals surface area contributed by atoms with Crippen LogP contribution in [-0.2, 0) is 9.59 Å². The van der Waals surface area contributed by atoms with E-state index in [0.717, 1.165) is 19.3 Å². The lowest BCUT2D eigenvalue weighted by atomic mass is 10.0. The summed E-state index contributed by atoms with van der Waals surface area (Å²) in [6.07, 6.45) is 10.1. The second-order valence-electron chi connectivity index (χ2n) is 7.88. The number of hydrogen-bond acceptors (Lipinski definition) is 4. The average molecular weight is 393 g/mol. The zero-order valence-electron chi connectivity index (χ0n) is 16.5. The van der Waals surface area contributed by atoms with E-state index in [4.69, 9.17) is 4.74 Å². The van der Waals surface area contributed by atoms with Crippen LogP contribution in [0.25, 0.3) is 0 Å². The number of aromatic nitrogens is 1. The molecule has 29 heavy (non-hydrogen) atoms. The van der Waals surface area contributed by atoms with E-state index in [2.05, 4.69) is 10.3 Å². The smallest absolute Gasteiger partial charge is 0.247 e. The molecule has 1 N–H and O–H groups in total. The molecule has 1 aliphatic carbocycles. The van der Waals surface area contributed by atoms with Gasteiger partial charge in [0.05, 0.1) is 11.9 Å². The normalized spacial score (nSPS) is 19.3. The van der Waals surface area contributed by atoms with Gasteiger partial charge in [0.2, 0.25) is 11.8 Å². The Kier molecular flexibility index (Phi) is 6.08. The SMILES string of the molecule is O=C(Nc1ccccc1Oc1cccnc1)[C@H]1CCCN1C(=O)CC1CCCC1. The lowest BCUT2D eigenvalue weighted by molar-refractivity contribution is -0.137. The summed E-state index contributed by atoms with van der Waals surface area (Å²) >= 11 is 0. The summed E-state index contributed by atoms with van der Waals surface area (Å²) in [4.78, 5) is 31.6. The fourth-order valence-corrected chi connectivity index (χ4v) is 4.33. The molecule has 2 fully saturated rings. The molecule has 0 bridgehead atoms. The van der Waals surface area contributed by atoms with Crippen LogP contribution in [-0.4, -0.2) is 34.3 Å². The van der Waals surface area contributed by atoms with Gasteiger partial charge in [-0.2, -0.15) is 0 Å². The molecule has 0 unspecified atom stereocenters. The van der Waals surface area contributed by atoms with Gasteiger partial charge in [-0.25, -0.2) is 0 Å². The van der Waals surface area contributed by atoms with Gasteiger partial charge in [-0.1, -0.05) is 25.0 Å². The Balaban J connectivity index is 1.42. The molecular weight excluding hydrogens is 366 g/mol. The van der Waals surface area contributed by atoms with Crippen molar-refractivity contribution in [3.63, 3.8) is 0 Å². The Morgan fingerprint density at radius 2 is 1.90 bits per heavy atom. The predicted molar refractivity (Wildman–Crippen MR) is 111 cm³/mol. The monoisotopic (exact) mass is 393 g/mol. The van der Waals surface area contributed by atoms with E-state index < -0.39 is 6.04 Å². The molecule has 2 amide bonds. The van der Waals surface area contributed by atoms with Gasteiger partial charge in [0.1, 0.15) is 11.8 Å². The minimum absolute atomic E-state index is 0.120. The van der Waals surface area contributed by atoms with Gasteiger partial charge in [0.15, 0.2) is 5.75 Å². The number of nitrogens with one attached hydrogen (secondary N) is 1. The first-order valence-electron chi connectivity index (χ1n) is 10.5.